The molecule has 1 atom stereocenters. The van der Waals surface area contributed by atoms with Crippen molar-refractivity contribution in [2.24, 2.45) is 0 Å². The van der Waals surface area contributed by atoms with E-state index < -0.39 is 0 Å². The number of H-pyrrole nitrogens is 1. The number of aryl methyl sites for hydroxylation is 1. The first kappa shape index (κ1) is 13.5. The van der Waals surface area contributed by atoms with E-state index >= 15 is 0 Å². The molecule has 0 bridgehead atoms. The summed E-state index contributed by atoms with van der Waals surface area (Å²) >= 11 is 0. The molecular formula is C18H17NO2. The summed E-state index contributed by atoms with van der Waals surface area (Å²) < 4.78 is 4.76. The van der Waals surface area contributed by atoms with Crippen molar-refractivity contribution in [2.45, 2.75) is 25.2 Å². The van der Waals surface area contributed by atoms with Crippen LogP contribution in [0.5, 0.6) is 0 Å². The van der Waals surface area contributed by atoms with Crippen molar-refractivity contribution in [3.8, 4) is 12.3 Å². The van der Waals surface area contributed by atoms with Gasteiger partial charge in [-0.05, 0) is 54.5 Å². The predicted octanol–water partition coefficient (Wildman–Crippen LogP) is 3.06. The highest BCUT2D eigenvalue weighted by atomic mass is 16.5. The standard InChI is InChI=1S/C18H17NO2/c1-3-12-5-4-6-13(9-12)10-14-7-8-16-15(14)11-17(19-16)18(20)21-2/h1,4-6,9,11,14,19H,7-8,10H2,2H3. The third kappa shape index (κ3) is 2.57. The van der Waals surface area contributed by atoms with Gasteiger partial charge in [-0.3, -0.25) is 0 Å². The van der Waals surface area contributed by atoms with Crippen LogP contribution in [0.4, 0.5) is 0 Å². The lowest BCUT2D eigenvalue weighted by atomic mass is 9.94. The molecule has 1 heterocycles. The summed E-state index contributed by atoms with van der Waals surface area (Å²) in [4.78, 5) is 14.8. The zero-order valence-electron chi connectivity index (χ0n) is 12.0. The fourth-order valence-electron chi connectivity index (χ4n) is 3.06. The smallest absolute Gasteiger partial charge is 0.354 e. The monoisotopic (exact) mass is 279 g/mol. The number of esters is 1. The number of nitrogens with one attached hydrogen (secondary N) is 1. The summed E-state index contributed by atoms with van der Waals surface area (Å²) in [5.74, 6) is 2.80. The molecule has 3 rings (SSSR count). The highest BCUT2D eigenvalue weighted by molar-refractivity contribution is 5.88. The molecule has 1 N–H and O–H groups in total. The van der Waals surface area contributed by atoms with Gasteiger partial charge in [-0.2, -0.15) is 0 Å². The normalized spacial score (nSPS) is 16.3. The van der Waals surface area contributed by atoms with Crippen molar-refractivity contribution in [3.63, 3.8) is 0 Å². The lowest BCUT2D eigenvalue weighted by Gasteiger charge is -2.10. The fourth-order valence-corrected chi connectivity index (χ4v) is 3.06. The number of hydrogen-bond acceptors (Lipinski definition) is 2. The van der Waals surface area contributed by atoms with Crippen LogP contribution in [-0.2, 0) is 17.6 Å². The maximum Gasteiger partial charge on any atom is 0.354 e. The van der Waals surface area contributed by atoms with E-state index in [9.17, 15) is 4.79 Å². The van der Waals surface area contributed by atoms with Crippen molar-refractivity contribution in [1.82, 2.24) is 4.98 Å². The van der Waals surface area contributed by atoms with Crippen LogP contribution in [0, 0.1) is 12.3 Å². The second-order valence-corrected chi connectivity index (χ2v) is 5.39. The minimum Gasteiger partial charge on any atom is -0.464 e. The zero-order chi connectivity index (χ0) is 14.8. The van der Waals surface area contributed by atoms with Crippen LogP contribution >= 0.6 is 0 Å². The summed E-state index contributed by atoms with van der Waals surface area (Å²) in [6.45, 7) is 0. The minimum atomic E-state index is -0.308. The number of carbonyl (C=O) groups is 1. The lowest BCUT2D eigenvalue weighted by molar-refractivity contribution is 0.0594. The number of carbonyl (C=O) groups excluding carboxylic acids is 1. The fraction of sp³-hybridized carbons (Fsp3) is 0.278. The van der Waals surface area contributed by atoms with Crippen LogP contribution in [-0.4, -0.2) is 18.1 Å². The summed E-state index contributed by atoms with van der Waals surface area (Å²) in [7, 11) is 1.40. The number of benzene rings is 1. The van der Waals surface area contributed by atoms with Crippen LogP contribution in [0.3, 0.4) is 0 Å². The Hall–Kier alpha value is -2.47. The Labute approximate surface area is 124 Å². The molecule has 0 aliphatic heterocycles. The van der Waals surface area contributed by atoms with E-state index in [0.717, 1.165) is 30.5 Å². The van der Waals surface area contributed by atoms with E-state index in [1.807, 2.05) is 18.2 Å². The summed E-state index contributed by atoms with van der Waals surface area (Å²) in [6.07, 6.45) is 8.47. The van der Waals surface area contributed by atoms with Gasteiger partial charge in [0.2, 0.25) is 0 Å². The molecule has 1 aliphatic carbocycles. The highest BCUT2D eigenvalue weighted by Crippen LogP contribution is 2.36. The van der Waals surface area contributed by atoms with Crippen molar-refractivity contribution >= 4 is 5.97 Å². The van der Waals surface area contributed by atoms with Gasteiger partial charge in [0.15, 0.2) is 0 Å². The first-order chi connectivity index (χ1) is 10.2. The van der Waals surface area contributed by atoms with E-state index in [2.05, 4.69) is 23.0 Å². The maximum atomic E-state index is 11.6. The molecule has 0 amide bonds. The predicted molar refractivity (Wildman–Crippen MR) is 81.3 cm³/mol. The number of rotatable bonds is 3. The molecule has 1 aliphatic rings. The topological polar surface area (TPSA) is 42.1 Å². The second-order valence-electron chi connectivity index (χ2n) is 5.39. The van der Waals surface area contributed by atoms with Crippen molar-refractivity contribution < 1.29 is 9.53 Å². The Morgan fingerprint density at radius 2 is 2.33 bits per heavy atom. The Morgan fingerprint density at radius 1 is 1.48 bits per heavy atom. The lowest BCUT2D eigenvalue weighted by Crippen LogP contribution is -2.02. The van der Waals surface area contributed by atoms with Crippen LogP contribution in [0.1, 0.15) is 45.2 Å². The molecule has 2 aromatic rings. The number of terminal acetylenes is 1. The zero-order valence-corrected chi connectivity index (χ0v) is 12.0. The number of ether oxygens (including phenoxy) is 1. The molecule has 3 nitrogen and oxygen atoms in total. The van der Waals surface area contributed by atoms with Gasteiger partial charge in [0.25, 0.3) is 0 Å². The molecule has 0 saturated carbocycles. The molecule has 0 saturated heterocycles. The van der Waals surface area contributed by atoms with E-state index in [1.165, 1.54) is 18.2 Å². The molecule has 0 spiro atoms. The summed E-state index contributed by atoms with van der Waals surface area (Å²) in [6, 6.07) is 10.0. The quantitative estimate of drug-likeness (QED) is 0.693. The van der Waals surface area contributed by atoms with Gasteiger partial charge in [0.05, 0.1) is 7.11 Å². The van der Waals surface area contributed by atoms with Gasteiger partial charge in [-0.25, -0.2) is 4.79 Å². The van der Waals surface area contributed by atoms with Crippen LogP contribution in [0.25, 0.3) is 0 Å². The SMILES string of the molecule is C#Cc1cccc(CC2CCc3[nH]c(C(=O)OC)cc32)c1. The largest absolute Gasteiger partial charge is 0.464 e. The van der Waals surface area contributed by atoms with Crippen molar-refractivity contribution in [1.29, 1.82) is 0 Å². The molecular weight excluding hydrogens is 262 g/mol. The number of aromatic nitrogens is 1. The van der Waals surface area contributed by atoms with Crippen molar-refractivity contribution in [3.05, 3.63) is 58.4 Å². The average molecular weight is 279 g/mol. The molecule has 106 valence electrons. The van der Waals surface area contributed by atoms with Gasteiger partial charge < -0.3 is 9.72 Å². The Bertz CT molecular complexity index is 721. The van der Waals surface area contributed by atoms with Crippen LogP contribution < -0.4 is 0 Å². The van der Waals surface area contributed by atoms with Gasteiger partial charge in [-0.15, -0.1) is 6.42 Å². The van der Waals surface area contributed by atoms with E-state index in [-0.39, 0.29) is 5.97 Å². The average Bonchev–Trinajstić information content (AvgIpc) is 3.09. The van der Waals surface area contributed by atoms with Crippen molar-refractivity contribution in [2.75, 3.05) is 7.11 Å². The molecule has 1 aromatic heterocycles. The second kappa shape index (κ2) is 5.49. The Kier molecular flexibility index (Phi) is 3.53. The molecule has 0 fully saturated rings. The minimum absolute atomic E-state index is 0.308. The van der Waals surface area contributed by atoms with Gasteiger partial charge >= 0.3 is 5.97 Å². The number of fused-ring (bicyclic) bond motifs is 1. The molecule has 21 heavy (non-hydrogen) atoms. The third-order valence-electron chi connectivity index (χ3n) is 4.10. The molecule has 0 radical (unpaired) electrons. The van der Waals surface area contributed by atoms with Crippen LogP contribution in [0.15, 0.2) is 30.3 Å². The van der Waals surface area contributed by atoms with E-state index in [0.29, 0.717) is 11.6 Å². The Balaban J connectivity index is 1.82. The summed E-state index contributed by atoms with van der Waals surface area (Å²) in [5, 5.41) is 0. The van der Waals surface area contributed by atoms with Gasteiger partial charge in [0, 0.05) is 11.3 Å². The maximum absolute atomic E-state index is 11.6. The molecule has 1 aromatic carbocycles. The van der Waals surface area contributed by atoms with E-state index in [4.69, 9.17) is 11.2 Å². The van der Waals surface area contributed by atoms with Gasteiger partial charge in [0.1, 0.15) is 5.69 Å². The Morgan fingerprint density at radius 3 is 3.10 bits per heavy atom. The number of methoxy groups -OCH3 is 1. The molecule has 1 unspecified atom stereocenters. The first-order valence-electron chi connectivity index (χ1n) is 7.07. The third-order valence-corrected chi connectivity index (χ3v) is 4.10. The number of hydrogen-bond donors (Lipinski definition) is 1. The highest BCUT2D eigenvalue weighted by Gasteiger charge is 2.26. The number of aromatic amines is 1. The summed E-state index contributed by atoms with van der Waals surface area (Å²) in [5.41, 5.74) is 5.10. The van der Waals surface area contributed by atoms with Crippen LogP contribution in [0.2, 0.25) is 0 Å². The van der Waals surface area contributed by atoms with E-state index in [1.54, 1.807) is 0 Å². The van der Waals surface area contributed by atoms with Gasteiger partial charge in [-0.1, -0.05) is 18.1 Å². The molecule has 3 heteroatoms. The first-order valence-corrected chi connectivity index (χ1v) is 7.07.